The molecule has 0 N–H and O–H groups in total. The molecule has 0 amide bonds. The lowest BCUT2D eigenvalue weighted by atomic mass is 10.1. The number of likely N-dealkylation sites (N-methyl/N-ethyl adjacent to an activating group) is 1. The Bertz CT molecular complexity index is 238. The van der Waals surface area contributed by atoms with E-state index in [0.717, 1.165) is 25.9 Å². The summed E-state index contributed by atoms with van der Waals surface area (Å²) in [6.07, 6.45) is 2.27. The maximum atomic E-state index is 11.7. The summed E-state index contributed by atoms with van der Waals surface area (Å²) in [6.45, 7) is 7.25. The first kappa shape index (κ1) is 11.1. The molecule has 1 heterocycles. The van der Waals surface area contributed by atoms with Gasteiger partial charge in [0.15, 0.2) is 0 Å². The number of hydrogen-bond donors (Lipinski definition) is 0. The van der Waals surface area contributed by atoms with E-state index in [2.05, 4.69) is 30.7 Å². The Hall–Kier alpha value is -0.410. The third-order valence-electron chi connectivity index (χ3n) is 3.85. The second kappa shape index (κ2) is 4.22. The molecule has 15 heavy (non-hydrogen) atoms. The molecule has 1 saturated heterocycles. The molecule has 0 bridgehead atoms. The van der Waals surface area contributed by atoms with E-state index < -0.39 is 0 Å². The largest absolute Gasteiger partial charge is 0.298 e. The van der Waals surface area contributed by atoms with E-state index >= 15 is 0 Å². The van der Waals surface area contributed by atoms with E-state index in [-0.39, 0.29) is 0 Å². The number of carbonyl (C=O) groups is 1. The van der Waals surface area contributed by atoms with Crippen molar-refractivity contribution in [1.82, 2.24) is 9.80 Å². The molecular formula is C12H22N2O. The number of hydrogen-bond acceptors (Lipinski definition) is 3. The fourth-order valence-corrected chi connectivity index (χ4v) is 2.40. The Morgan fingerprint density at radius 2 is 1.73 bits per heavy atom. The maximum absolute atomic E-state index is 11.7. The zero-order valence-electron chi connectivity index (χ0n) is 10.1. The lowest BCUT2D eigenvalue weighted by Gasteiger charge is -2.42. The molecule has 2 atom stereocenters. The van der Waals surface area contributed by atoms with Gasteiger partial charge in [-0.1, -0.05) is 0 Å². The summed E-state index contributed by atoms with van der Waals surface area (Å²) in [5, 5.41) is 0. The highest BCUT2D eigenvalue weighted by molar-refractivity contribution is 5.85. The zero-order valence-corrected chi connectivity index (χ0v) is 10.1. The van der Waals surface area contributed by atoms with Crippen LogP contribution >= 0.6 is 0 Å². The highest BCUT2D eigenvalue weighted by Crippen LogP contribution is 2.30. The van der Waals surface area contributed by atoms with E-state index in [4.69, 9.17) is 0 Å². The molecule has 2 aliphatic rings. The van der Waals surface area contributed by atoms with Crippen LogP contribution in [0.25, 0.3) is 0 Å². The molecule has 1 aliphatic carbocycles. The van der Waals surface area contributed by atoms with Crippen LogP contribution in [0.4, 0.5) is 0 Å². The smallest absolute Gasteiger partial charge is 0.149 e. The van der Waals surface area contributed by atoms with Crippen LogP contribution in [-0.2, 0) is 4.79 Å². The van der Waals surface area contributed by atoms with E-state index in [1.165, 1.54) is 0 Å². The number of Topliss-reactive ketones (excluding diaryl/α,β-unsaturated/α-hetero) is 1. The Kier molecular flexibility index (Phi) is 3.12. The maximum Gasteiger partial charge on any atom is 0.149 e. The van der Waals surface area contributed by atoms with Crippen LogP contribution in [0.1, 0.15) is 26.7 Å². The predicted octanol–water partition coefficient (Wildman–Crippen LogP) is 0.990. The Morgan fingerprint density at radius 3 is 2.20 bits per heavy atom. The minimum Gasteiger partial charge on any atom is -0.298 e. The quantitative estimate of drug-likeness (QED) is 0.694. The molecule has 1 saturated carbocycles. The monoisotopic (exact) mass is 210 g/mol. The molecule has 0 spiro atoms. The molecule has 86 valence electrons. The molecule has 0 aromatic carbocycles. The number of ketones is 1. The average molecular weight is 210 g/mol. The summed E-state index contributed by atoms with van der Waals surface area (Å²) in [5.74, 6) is 0.884. The minimum absolute atomic E-state index is 0.412. The summed E-state index contributed by atoms with van der Waals surface area (Å²) in [5.41, 5.74) is 0. The van der Waals surface area contributed by atoms with E-state index in [9.17, 15) is 4.79 Å². The van der Waals surface area contributed by atoms with Gasteiger partial charge in [0, 0.05) is 31.1 Å². The number of nitrogens with zero attached hydrogens (tertiary/aromatic N) is 2. The van der Waals surface area contributed by atoms with Crippen molar-refractivity contribution < 1.29 is 4.79 Å². The standard InChI is InChI=1S/C12H22N2O/c1-9-6-14(7-10(2)13(9)3)8-12(15)11-4-5-11/h9-11H,4-8H2,1-3H3. The third kappa shape index (κ3) is 2.58. The normalized spacial score (nSPS) is 34.3. The van der Waals surface area contributed by atoms with Gasteiger partial charge in [0.1, 0.15) is 5.78 Å². The fourth-order valence-electron chi connectivity index (χ4n) is 2.40. The van der Waals surface area contributed by atoms with E-state index in [0.29, 0.717) is 30.3 Å². The van der Waals surface area contributed by atoms with Crippen LogP contribution in [0.2, 0.25) is 0 Å². The minimum atomic E-state index is 0.412. The Balaban J connectivity index is 1.85. The second-order valence-electron chi connectivity index (χ2n) is 5.30. The molecule has 0 aromatic heterocycles. The van der Waals surface area contributed by atoms with Crippen LogP contribution in [0.5, 0.6) is 0 Å². The van der Waals surface area contributed by atoms with Gasteiger partial charge in [-0.05, 0) is 33.7 Å². The highest BCUT2D eigenvalue weighted by Gasteiger charge is 2.33. The topological polar surface area (TPSA) is 23.6 Å². The number of piperazine rings is 1. The Labute approximate surface area is 92.4 Å². The molecule has 1 aliphatic heterocycles. The molecule has 2 fully saturated rings. The van der Waals surface area contributed by atoms with Crippen molar-refractivity contribution in [2.45, 2.75) is 38.8 Å². The van der Waals surface area contributed by atoms with Crippen LogP contribution in [0.3, 0.4) is 0 Å². The van der Waals surface area contributed by atoms with Gasteiger partial charge in [0.05, 0.1) is 6.54 Å². The van der Waals surface area contributed by atoms with E-state index in [1.54, 1.807) is 0 Å². The van der Waals surface area contributed by atoms with Gasteiger partial charge < -0.3 is 0 Å². The lowest BCUT2D eigenvalue weighted by Crippen LogP contribution is -2.55. The lowest BCUT2D eigenvalue weighted by molar-refractivity contribution is -0.122. The van der Waals surface area contributed by atoms with Gasteiger partial charge in [-0.25, -0.2) is 0 Å². The molecule has 3 heteroatoms. The van der Waals surface area contributed by atoms with Gasteiger partial charge in [-0.2, -0.15) is 0 Å². The third-order valence-corrected chi connectivity index (χ3v) is 3.85. The van der Waals surface area contributed by atoms with Crippen molar-refractivity contribution in [3.05, 3.63) is 0 Å². The van der Waals surface area contributed by atoms with Gasteiger partial charge in [-0.15, -0.1) is 0 Å². The molecule has 0 aromatic rings. The SMILES string of the molecule is CC1CN(CC(=O)C2CC2)CC(C)N1C. The van der Waals surface area contributed by atoms with Gasteiger partial charge in [-0.3, -0.25) is 14.6 Å². The van der Waals surface area contributed by atoms with Crippen LogP contribution in [-0.4, -0.2) is 54.3 Å². The highest BCUT2D eigenvalue weighted by atomic mass is 16.1. The van der Waals surface area contributed by atoms with Crippen molar-refractivity contribution in [3.8, 4) is 0 Å². The van der Waals surface area contributed by atoms with Gasteiger partial charge in [0.2, 0.25) is 0 Å². The molecule has 2 rings (SSSR count). The summed E-state index contributed by atoms with van der Waals surface area (Å²) >= 11 is 0. The van der Waals surface area contributed by atoms with Crippen molar-refractivity contribution in [2.24, 2.45) is 5.92 Å². The van der Waals surface area contributed by atoms with Crippen molar-refractivity contribution in [2.75, 3.05) is 26.7 Å². The van der Waals surface area contributed by atoms with Gasteiger partial charge >= 0.3 is 0 Å². The van der Waals surface area contributed by atoms with Crippen molar-refractivity contribution in [1.29, 1.82) is 0 Å². The fraction of sp³-hybridized carbons (Fsp3) is 0.917. The van der Waals surface area contributed by atoms with Crippen LogP contribution in [0.15, 0.2) is 0 Å². The predicted molar refractivity (Wildman–Crippen MR) is 60.9 cm³/mol. The number of carbonyl (C=O) groups excluding carboxylic acids is 1. The molecule has 2 unspecified atom stereocenters. The van der Waals surface area contributed by atoms with Crippen molar-refractivity contribution >= 4 is 5.78 Å². The summed E-state index contributed by atoms with van der Waals surface area (Å²) in [7, 11) is 2.18. The second-order valence-corrected chi connectivity index (χ2v) is 5.30. The molecule has 0 radical (unpaired) electrons. The van der Waals surface area contributed by atoms with E-state index in [1.807, 2.05) is 0 Å². The van der Waals surface area contributed by atoms with Crippen LogP contribution in [0, 0.1) is 5.92 Å². The van der Waals surface area contributed by atoms with Crippen LogP contribution < -0.4 is 0 Å². The first-order valence-electron chi connectivity index (χ1n) is 6.05. The average Bonchev–Trinajstić information content (AvgIpc) is 2.96. The number of rotatable bonds is 3. The summed E-state index contributed by atoms with van der Waals surface area (Å²) in [4.78, 5) is 16.4. The zero-order chi connectivity index (χ0) is 11.0. The molecular weight excluding hydrogens is 188 g/mol. The first-order valence-corrected chi connectivity index (χ1v) is 6.05. The Morgan fingerprint density at radius 1 is 1.20 bits per heavy atom. The van der Waals surface area contributed by atoms with Gasteiger partial charge in [0.25, 0.3) is 0 Å². The summed E-state index contributed by atoms with van der Waals surface area (Å²) in [6, 6.07) is 1.14. The molecule has 3 nitrogen and oxygen atoms in total. The summed E-state index contributed by atoms with van der Waals surface area (Å²) < 4.78 is 0. The first-order chi connectivity index (χ1) is 7.08. The van der Waals surface area contributed by atoms with Crippen molar-refractivity contribution in [3.63, 3.8) is 0 Å².